The minimum absolute atomic E-state index is 0.0183. The van der Waals surface area contributed by atoms with Crippen molar-refractivity contribution in [3.63, 3.8) is 0 Å². The van der Waals surface area contributed by atoms with Gasteiger partial charge < -0.3 is 0 Å². The standard InChI is InChI=1S/C15H14N2O4/c18-14-11-4-3-10(17(20)21)7-12(11)15(19)16(14)13-6-8-1-2-9(13)5-8/h3-4,7-9,13H,1-2,5-6H2/t8-,9+,13+/m0/s1. The van der Waals surface area contributed by atoms with Crippen LogP contribution in [0.3, 0.4) is 0 Å². The highest BCUT2D eigenvalue weighted by Gasteiger charge is 2.49. The van der Waals surface area contributed by atoms with Gasteiger partial charge in [-0.3, -0.25) is 24.6 Å². The highest BCUT2D eigenvalue weighted by molar-refractivity contribution is 6.21. The number of amides is 2. The second-order valence-corrected chi connectivity index (χ2v) is 6.21. The molecule has 0 spiro atoms. The van der Waals surface area contributed by atoms with Crippen molar-refractivity contribution in [2.24, 2.45) is 11.8 Å². The van der Waals surface area contributed by atoms with Crippen LogP contribution in [0.5, 0.6) is 0 Å². The third-order valence-electron chi connectivity index (χ3n) is 5.14. The molecule has 1 aliphatic heterocycles. The van der Waals surface area contributed by atoms with Crippen LogP contribution >= 0.6 is 0 Å². The fourth-order valence-electron chi connectivity index (χ4n) is 4.19. The van der Waals surface area contributed by atoms with Crippen LogP contribution < -0.4 is 0 Å². The van der Waals surface area contributed by atoms with Crippen LogP contribution in [0.15, 0.2) is 18.2 Å². The predicted octanol–water partition coefficient (Wildman–Crippen LogP) is 2.38. The first-order valence-electron chi connectivity index (χ1n) is 7.22. The number of nitro groups is 1. The van der Waals surface area contributed by atoms with E-state index in [2.05, 4.69) is 0 Å². The molecule has 2 saturated carbocycles. The van der Waals surface area contributed by atoms with E-state index in [1.54, 1.807) is 0 Å². The molecule has 1 aromatic carbocycles. The van der Waals surface area contributed by atoms with Crippen molar-refractivity contribution >= 4 is 17.5 Å². The molecule has 6 nitrogen and oxygen atoms in total. The molecule has 3 atom stereocenters. The number of hydrogen-bond acceptors (Lipinski definition) is 4. The van der Waals surface area contributed by atoms with E-state index in [9.17, 15) is 19.7 Å². The second-order valence-electron chi connectivity index (χ2n) is 6.21. The minimum atomic E-state index is -0.543. The van der Waals surface area contributed by atoms with Gasteiger partial charge in [0.15, 0.2) is 0 Å². The quantitative estimate of drug-likeness (QED) is 0.475. The average Bonchev–Trinajstić information content (AvgIpc) is 3.14. The SMILES string of the molecule is O=C1c2ccc([N+](=O)[O-])cc2C(=O)N1[C@@H]1C[C@H]2CC[C@@H]1C2. The first kappa shape index (κ1) is 12.5. The van der Waals surface area contributed by atoms with Crippen molar-refractivity contribution in [1.29, 1.82) is 0 Å². The summed E-state index contributed by atoms with van der Waals surface area (Å²) in [5.41, 5.74) is 0.329. The van der Waals surface area contributed by atoms with Crippen LogP contribution in [0.1, 0.15) is 46.4 Å². The van der Waals surface area contributed by atoms with Gasteiger partial charge in [-0.25, -0.2) is 0 Å². The number of nitro benzene ring substituents is 1. The number of nitrogens with zero attached hydrogens (tertiary/aromatic N) is 2. The maximum Gasteiger partial charge on any atom is 0.270 e. The largest absolute Gasteiger partial charge is 0.271 e. The van der Waals surface area contributed by atoms with Gasteiger partial charge in [0.1, 0.15) is 0 Å². The number of hydrogen-bond donors (Lipinski definition) is 0. The van der Waals surface area contributed by atoms with Gasteiger partial charge in [-0.15, -0.1) is 0 Å². The molecule has 2 amide bonds. The number of non-ortho nitro benzene ring substituents is 1. The molecule has 3 aliphatic rings. The zero-order valence-electron chi connectivity index (χ0n) is 11.3. The molecule has 4 rings (SSSR count). The lowest BCUT2D eigenvalue weighted by atomic mass is 9.94. The second kappa shape index (κ2) is 4.13. The van der Waals surface area contributed by atoms with Crippen LogP contribution in [0.4, 0.5) is 5.69 Å². The lowest BCUT2D eigenvalue weighted by molar-refractivity contribution is -0.384. The number of fused-ring (bicyclic) bond motifs is 3. The molecule has 6 heteroatoms. The third kappa shape index (κ3) is 1.65. The smallest absolute Gasteiger partial charge is 0.270 e. The molecule has 1 aromatic rings. The summed E-state index contributed by atoms with van der Waals surface area (Å²) >= 11 is 0. The summed E-state index contributed by atoms with van der Waals surface area (Å²) in [6.45, 7) is 0. The maximum atomic E-state index is 12.5. The fraction of sp³-hybridized carbons (Fsp3) is 0.467. The third-order valence-corrected chi connectivity index (χ3v) is 5.14. The molecule has 0 saturated heterocycles. The van der Waals surface area contributed by atoms with Gasteiger partial charge in [0.05, 0.1) is 16.1 Å². The summed E-state index contributed by atoms with van der Waals surface area (Å²) in [5.74, 6) is 0.379. The summed E-state index contributed by atoms with van der Waals surface area (Å²) in [6.07, 6.45) is 4.25. The summed E-state index contributed by atoms with van der Waals surface area (Å²) < 4.78 is 0. The molecule has 108 valence electrons. The van der Waals surface area contributed by atoms with Crippen LogP contribution in [0, 0.1) is 22.0 Å². The molecule has 0 aromatic heterocycles. The van der Waals surface area contributed by atoms with Crippen molar-refractivity contribution in [3.05, 3.63) is 39.4 Å². The van der Waals surface area contributed by atoms with Crippen LogP contribution in [0.2, 0.25) is 0 Å². The molecule has 1 heterocycles. The zero-order chi connectivity index (χ0) is 14.7. The van der Waals surface area contributed by atoms with Crippen LogP contribution in [-0.4, -0.2) is 27.7 Å². The van der Waals surface area contributed by atoms with Gasteiger partial charge in [0.25, 0.3) is 17.5 Å². The monoisotopic (exact) mass is 286 g/mol. The van der Waals surface area contributed by atoms with Gasteiger partial charge >= 0.3 is 0 Å². The Labute approximate surface area is 120 Å². The van der Waals surface area contributed by atoms with E-state index < -0.39 is 4.92 Å². The van der Waals surface area contributed by atoms with E-state index in [1.165, 1.54) is 29.5 Å². The molecular weight excluding hydrogens is 272 g/mol. The van der Waals surface area contributed by atoms with Crippen LogP contribution in [0.25, 0.3) is 0 Å². The number of imide groups is 1. The van der Waals surface area contributed by atoms with Gasteiger partial charge in [0.2, 0.25) is 0 Å². The lowest BCUT2D eigenvalue weighted by Crippen LogP contribution is -2.42. The Kier molecular flexibility index (Phi) is 2.46. The fourth-order valence-corrected chi connectivity index (χ4v) is 4.19. The van der Waals surface area contributed by atoms with Gasteiger partial charge in [0, 0.05) is 18.2 Å². The maximum absolute atomic E-state index is 12.5. The van der Waals surface area contributed by atoms with E-state index in [1.807, 2.05) is 0 Å². The Morgan fingerprint density at radius 3 is 2.48 bits per heavy atom. The van der Waals surface area contributed by atoms with Gasteiger partial charge in [-0.2, -0.15) is 0 Å². The van der Waals surface area contributed by atoms with Crippen molar-refractivity contribution < 1.29 is 14.5 Å². The van der Waals surface area contributed by atoms with Gasteiger partial charge in [-0.05, 0) is 37.2 Å². The van der Waals surface area contributed by atoms with E-state index in [-0.39, 0.29) is 29.1 Å². The molecular formula is C15H14N2O4. The summed E-state index contributed by atoms with van der Waals surface area (Å²) in [5, 5.41) is 10.8. The first-order chi connectivity index (χ1) is 10.1. The molecule has 2 fully saturated rings. The Bertz CT molecular complexity index is 684. The van der Waals surface area contributed by atoms with E-state index in [0.29, 0.717) is 17.4 Å². The van der Waals surface area contributed by atoms with E-state index in [0.717, 1.165) is 19.3 Å². The molecule has 2 aliphatic carbocycles. The normalized spacial score (nSPS) is 30.1. The molecule has 21 heavy (non-hydrogen) atoms. The molecule has 0 unspecified atom stereocenters. The number of rotatable bonds is 2. The van der Waals surface area contributed by atoms with Crippen molar-refractivity contribution in [2.45, 2.75) is 31.7 Å². The number of carbonyl (C=O) groups is 2. The van der Waals surface area contributed by atoms with Crippen molar-refractivity contribution in [3.8, 4) is 0 Å². The van der Waals surface area contributed by atoms with E-state index >= 15 is 0 Å². The summed E-state index contributed by atoms with van der Waals surface area (Å²) in [6, 6.07) is 3.90. The summed E-state index contributed by atoms with van der Waals surface area (Å²) in [4.78, 5) is 36.7. The topological polar surface area (TPSA) is 80.5 Å². The number of benzene rings is 1. The Hall–Kier alpha value is -2.24. The average molecular weight is 286 g/mol. The van der Waals surface area contributed by atoms with Crippen molar-refractivity contribution in [2.75, 3.05) is 0 Å². The van der Waals surface area contributed by atoms with Crippen molar-refractivity contribution in [1.82, 2.24) is 4.90 Å². The molecule has 0 N–H and O–H groups in total. The summed E-state index contributed by atoms with van der Waals surface area (Å²) in [7, 11) is 0. The predicted molar refractivity (Wildman–Crippen MR) is 72.8 cm³/mol. The lowest BCUT2D eigenvalue weighted by Gasteiger charge is -2.29. The minimum Gasteiger partial charge on any atom is -0.271 e. The first-order valence-corrected chi connectivity index (χ1v) is 7.22. The Balaban J connectivity index is 1.72. The van der Waals surface area contributed by atoms with Gasteiger partial charge in [-0.1, -0.05) is 6.42 Å². The van der Waals surface area contributed by atoms with E-state index in [4.69, 9.17) is 0 Å². The number of carbonyl (C=O) groups excluding carboxylic acids is 2. The highest BCUT2D eigenvalue weighted by Crippen LogP contribution is 2.48. The molecule has 0 radical (unpaired) electrons. The molecule has 2 bridgehead atoms. The zero-order valence-corrected chi connectivity index (χ0v) is 11.3. The Morgan fingerprint density at radius 1 is 1.10 bits per heavy atom. The highest BCUT2D eigenvalue weighted by atomic mass is 16.6. The Morgan fingerprint density at radius 2 is 1.86 bits per heavy atom. The van der Waals surface area contributed by atoms with Crippen LogP contribution in [-0.2, 0) is 0 Å².